The number of halogens is 1. The van der Waals surface area contributed by atoms with Gasteiger partial charge in [0.2, 0.25) is 0 Å². The van der Waals surface area contributed by atoms with Gasteiger partial charge in [0.1, 0.15) is 5.75 Å². The molecule has 1 aromatic carbocycles. The smallest absolute Gasteiger partial charge is 0.123 e. The highest BCUT2D eigenvalue weighted by Crippen LogP contribution is 2.42. The molecule has 5 heteroatoms. The minimum Gasteiger partial charge on any atom is -0.496 e. The van der Waals surface area contributed by atoms with E-state index in [9.17, 15) is 5.11 Å². The van der Waals surface area contributed by atoms with Crippen LogP contribution in [0.25, 0.3) is 0 Å². The van der Waals surface area contributed by atoms with Gasteiger partial charge in [-0.3, -0.25) is 4.90 Å². The third-order valence-corrected chi connectivity index (χ3v) is 4.39. The molecule has 118 valence electrons. The number of rotatable bonds is 5. The van der Waals surface area contributed by atoms with E-state index >= 15 is 0 Å². The van der Waals surface area contributed by atoms with Gasteiger partial charge < -0.3 is 15.2 Å². The summed E-state index contributed by atoms with van der Waals surface area (Å²) in [6.45, 7) is 8.09. The summed E-state index contributed by atoms with van der Waals surface area (Å²) in [6, 6.07) is 5.77. The highest BCUT2D eigenvalue weighted by atomic mass is 35.5. The van der Waals surface area contributed by atoms with Gasteiger partial charge in [-0.25, -0.2) is 0 Å². The van der Waals surface area contributed by atoms with E-state index in [1.165, 1.54) is 0 Å². The first-order valence-corrected chi connectivity index (χ1v) is 7.76. The molecule has 2 rings (SSSR count). The van der Waals surface area contributed by atoms with Gasteiger partial charge >= 0.3 is 0 Å². The molecule has 0 unspecified atom stereocenters. The molecule has 0 aromatic heterocycles. The lowest BCUT2D eigenvalue weighted by Crippen LogP contribution is -2.49. The number of ether oxygens (including phenoxy) is 1. The van der Waals surface area contributed by atoms with Crippen molar-refractivity contribution in [2.75, 3.05) is 39.9 Å². The van der Waals surface area contributed by atoms with Gasteiger partial charge in [-0.05, 0) is 18.2 Å². The summed E-state index contributed by atoms with van der Waals surface area (Å²) in [7, 11) is 1.67. The minimum absolute atomic E-state index is 0.0678. The van der Waals surface area contributed by atoms with Crippen molar-refractivity contribution in [3.63, 3.8) is 0 Å². The Morgan fingerprint density at radius 3 is 2.62 bits per heavy atom. The highest BCUT2D eigenvalue weighted by molar-refractivity contribution is 6.30. The Hall–Kier alpha value is -0.810. The van der Waals surface area contributed by atoms with Gasteiger partial charge in [-0.2, -0.15) is 0 Å². The molecule has 21 heavy (non-hydrogen) atoms. The van der Waals surface area contributed by atoms with Crippen molar-refractivity contribution in [2.45, 2.75) is 19.9 Å². The van der Waals surface area contributed by atoms with Crippen LogP contribution in [-0.4, -0.2) is 49.9 Å². The number of aliphatic hydroxyl groups is 1. The Morgan fingerprint density at radius 2 is 2.05 bits per heavy atom. The molecule has 1 aliphatic rings. The number of piperazine rings is 1. The lowest BCUT2D eigenvalue weighted by Gasteiger charge is -2.43. The van der Waals surface area contributed by atoms with Gasteiger partial charge in [0.05, 0.1) is 7.11 Å². The highest BCUT2D eigenvalue weighted by Gasteiger charge is 2.37. The van der Waals surface area contributed by atoms with E-state index in [1.54, 1.807) is 7.11 Å². The van der Waals surface area contributed by atoms with E-state index in [4.69, 9.17) is 16.3 Å². The summed E-state index contributed by atoms with van der Waals surface area (Å²) in [4.78, 5) is 2.40. The SMILES string of the molecule is COc1ccc(Cl)cc1[C@H](N1CCNCC1)C(C)(C)CO. The summed E-state index contributed by atoms with van der Waals surface area (Å²) in [5.74, 6) is 0.824. The van der Waals surface area contributed by atoms with Crippen molar-refractivity contribution in [1.29, 1.82) is 0 Å². The second-order valence-electron chi connectivity index (χ2n) is 6.22. The Balaban J connectivity index is 2.46. The molecule has 1 fully saturated rings. The monoisotopic (exact) mass is 312 g/mol. The van der Waals surface area contributed by atoms with Crippen LogP contribution in [0.5, 0.6) is 5.75 Å². The number of hydrogen-bond acceptors (Lipinski definition) is 4. The molecule has 2 N–H and O–H groups in total. The molecule has 0 aliphatic carbocycles. The molecule has 1 aromatic rings. The predicted octanol–water partition coefficient (Wildman–Crippen LogP) is 2.31. The first-order chi connectivity index (χ1) is 9.99. The lowest BCUT2D eigenvalue weighted by atomic mass is 9.79. The Kier molecular flexibility index (Phi) is 5.49. The van der Waals surface area contributed by atoms with Crippen molar-refractivity contribution < 1.29 is 9.84 Å². The van der Waals surface area contributed by atoms with Crippen molar-refractivity contribution in [2.24, 2.45) is 5.41 Å². The molecule has 1 saturated heterocycles. The number of nitrogens with zero attached hydrogens (tertiary/aromatic N) is 1. The molecule has 1 heterocycles. The van der Waals surface area contributed by atoms with Crippen LogP contribution in [0.4, 0.5) is 0 Å². The fourth-order valence-electron chi connectivity index (χ4n) is 3.06. The number of methoxy groups -OCH3 is 1. The maximum Gasteiger partial charge on any atom is 0.123 e. The molecule has 4 nitrogen and oxygen atoms in total. The molecule has 0 saturated carbocycles. The molecular formula is C16H25ClN2O2. The fraction of sp³-hybridized carbons (Fsp3) is 0.625. The Labute approximate surface area is 132 Å². The third kappa shape index (κ3) is 3.69. The number of aliphatic hydroxyl groups excluding tert-OH is 1. The largest absolute Gasteiger partial charge is 0.496 e. The molecule has 1 atom stereocenters. The minimum atomic E-state index is -0.282. The van der Waals surface area contributed by atoms with E-state index in [1.807, 2.05) is 18.2 Å². The normalized spacial score (nSPS) is 18.5. The summed E-state index contributed by atoms with van der Waals surface area (Å²) >= 11 is 6.20. The van der Waals surface area contributed by atoms with Gasteiger partial charge in [0.25, 0.3) is 0 Å². The van der Waals surface area contributed by atoms with Gasteiger partial charge in [0, 0.05) is 54.8 Å². The van der Waals surface area contributed by atoms with Crippen LogP contribution in [0.1, 0.15) is 25.5 Å². The first-order valence-electron chi connectivity index (χ1n) is 7.38. The van der Waals surface area contributed by atoms with E-state index in [-0.39, 0.29) is 18.1 Å². The van der Waals surface area contributed by atoms with Gasteiger partial charge in [0.15, 0.2) is 0 Å². The van der Waals surface area contributed by atoms with Crippen LogP contribution >= 0.6 is 11.6 Å². The second kappa shape index (κ2) is 6.97. The van der Waals surface area contributed by atoms with Crippen LogP contribution in [0.2, 0.25) is 5.02 Å². The Bertz CT molecular complexity index is 473. The summed E-state index contributed by atoms with van der Waals surface area (Å²) < 4.78 is 5.53. The molecule has 0 amide bonds. The van der Waals surface area contributed by atoms with Crippen LogP contribution in [0, 0.1) is 5.41 Å². The summed E-state index contributed by atoms with van der Waals surface area (Å²) in [5.41, 5.74) is 0.765. The lowest BCUT2D eigenvalue weighted by molar-refractivity contribution is 0.0293. The predicted molar refractivity (Wildman–Crippen MR) is 86.1 cm³/mol. The van der Waals surface area contributed by atoms with E-state index in [0.717, 1.165) is 37.5 Å². The summed E-state index contributed by atoms with van der Waals surface area (Å²) in [6.07, 6.45) is 0. The Morgan fingerprint density at radius 1 is 1.38 bits per heavy atom. The van der Waals surface area contributed by atoms with Crippen LogP contribution in [-0.2, 0) is 0 Å². The van der Waals surface area contributed by atoms with Crippen molar-refractivity contribution in [3.8, 4) is 5.75 Å². The van der Waals surface area contributed by atoms with Crippen molar-refractivity contribution in [1.82, 2.24) is 10.2 Å². The maximum absolute atomic E-state index is 9.87. The average Bonchev–Trinajstić information content (AvgIpc) is 2.48. The van der Waals surface area contributed by atoms with Gasteiger partial charge in [-0.15, -0.1) is 0 Å². The zero-order valence-electron chi connectivity index (χ0n) is 13.0. The standard InChI is InChI=1S/C16H25ClN2O2/c1-16(2,11-20)15(19-8-6-18-7-9-19)13-10-12(17)4-5-14(13)21-3/h4-5,10,15,18,20H,6-9,11H2,1-3H3/t15-/m0/s1. The molecule has 0 radical (unpaired) electrons. The number of benzene rings is 1. The molecule has 0 spiro atoms. The van der Waals surface area contributed by atoms with E-state index in [0.29, 0.717) is 5.02 Å². The second-order valence-corrected chi connectivity index (χ2v) is 6.66. The zero-order valence-corrected chi connectivity index (χ0v) is 13.8. The number of hydrogen-bond donors (Lipinski definition) is 2. The fourth-order valence-corrected chi connectivity index (χ4v) is 3.24. The quantitative estimate of drug-likeness (QED) is 0.876. The number of nitrogens with one attached hydrogen (secondary N) is 1. The topological polar surface area (TPSA) is 44.7 Å². The van der Waals surface area contributed by atoms with Gasteiger partial charge in [-0.1, -0.05) is 25.4 Å². The van der Waals surface area contributed by atoms with Crippen LogP contribution in [0.15, 0.2) is 18.2 Å². The van der Waals surface area contributed by atoms with Crippen LogP contribution in [0.3, 0.4) is 0 Å². The van der Waals surface area contributed by atoms with E-state index in [2.05, 4.69) is 24.1 Å². The van der Waals surface area contributed by atoms with Crippen molar-refractivity contribution in [3.05, 3.63) is 28.8 Å². The maximum atomic E-state index is 9.87. The molecule has 0 bridgehead atoms. The van der Waals surface area contributed by atoms with Crippen molar-refractivity contribution >= 4 is 11.6 Å². The zero-order chi connectivity index (χ0) is 15.5. The first kappa shape index (κ1) is 16.6. The van der Waals surface area contributed by atoms with E-state index < -0.39 is 0 Å². The third-order valence-electron chi connectivity index (χ3n) is 4.15. The molecule has 1 aliphatic heterocycles. The van der Waals surface area contributed by atoms with Crippen LogP contribution < -0.4 is 10.1 Å². The average molecular weight is 313 g/mol. The molecular weight excluding hydrogens is 288 g/mol. The summed E-state index contributed by atoms with van der Waals surface area (Å²) in [5, 5.41) is 13.9.